The van der Waals surface area contributed by atoms with Crippen LogP contribution in [0.25, 0.3) is 0 Å². The Morgan fingerprint density at radius 3 is 2.31 bits per heavy atom. The highest BCUT2D eigenvalue weighted by atomic mass is 32.2. The summed E-state index contributed by atoms with van der Waals surface area (Å²) >= 11 is 0. The highest BCUT2D eigenvalue weighted by Crippen LogP contribution is 2.41. The number of aromatic hydroxyl groups is 1. The monoisotopic (exact) mass is 510 g/mol. The van der Waals surface area contributed by atoms with Crippen LogP contribution in [0.4, 0.5) is 11.4 Å². The average molecular weight is 511 g/mol. The van der Waals surface area contributed by atoms with Crippen LogP contribution in [0, 0.1) is 0 Å². The Bertz CT molecular complexity index is 1130. The van der Waals surface area contributed by atoms with Crippen LogP contribution in [0.15, 0.2) is 24.3 Å². The van der Waals surface area contributed by atoms with E-state index in [2.05, 4.69) is 4.72 Å². The molecule has 1 unspecified atom stereocenters. The summed E-state index contributed by atoms with van der Waals surface area (Å²) in [5.41, 5.74) is 8.60. The molecule has 194 valence electrons. The SMILES string of the molecule is COc1c(CC(O)c2ccc(O)c(NS(C)(=O)=O)c2)cc(CCCCCCC(=O)O)c(N)c1OC. The number of unbranched alkanes of at least 4 members (excludes halogenated alkanes) is 3. The van der Waals surface area contributed by atoms with E-state index in [0.717, 1.165) is 31.1 Å². The Morgan fingerprint density at radius 1 is 1.06 bits per heavy atom. The molecular weight excluding hydrogens is 476 g/mol. The van der Waals surface area contributed by atoms with E-state index in [1.54, 1.807) is 0 Å². The maximum absolute atomic E-state index is 11.6. The summed E-state index contributed by atoms with van der Waals surface area (Å²) in [7, 11) is -0.666. The van der Waals surface area contributed by atoms with Gasteiger partial charge in [0.25, 0.3) is 0 Å². The van der Waals surface area contributed by atoms with Crippen molar-refractivity contribution in [3.8, 4) is 17.2 Å². The molecule has 2 rings (SSSR count). The van der Waals surface area contributed by atoms with Gasteiger partial charge in [-0.25, -0.2) is 8.42 Å². The van der Waals surface area contributed by atoms with Crippen molar-refractivity contribution in [2.24, 2.45) is 0 Å². The lowest BCUT2D eigenvalue weighted by Crippen LogP contribution is -2.11. The number of nitrogen functional groups attached to an aromatic ring is 1. The van der Waals surface area contributed by atoms with E-state index in [0.29, 0.717) is 41.2 Å². The van der Waals surface area contributed by atoms with Crippen LogP contribution >= 0.6 is 0 Å². The number of carboxylic acids is 1. The van der Waals surface area contributed by atoms with Crippen LogP contribution in [0.1, 0.15) is 54.9 Å². The van der Waals surface area contributed by atoms with Gasteiger partial charge in [-0.3, -0.25) is 9.52 Å². The molecular formula is C24H34N2O8S. The number of hydrogen-bond donors (Lipinski definition) is 5. The first-order valence-corrected chi connectivity index (χ1v) is 13.1. The number of nitrogens with two attached hydrogens (primary N) is 1. The van der Waals surface area contributed by atoms with E-state index in [9.17, 15) is 23.4 Å². The number of aliphatic hydroxyl groups is 1. The van der Waals surface area contributed by atoms with Crippen LogP contribution in [-0.2, 0) is 27.7 Å². The molecule has 0 heterocycles. The number of methoxy groups -OCH3 is 2. The van der Waals surface area contributed by atoms with E-state index < -0.39 is 22.1 Å². The van der Waals surface area contributed by atoms with Crippen molar-refractivity contribution in [1.29, 1.82) is 0 Å². The number of ether oxygens (including phenoxy) is 2. The molecule has 0 fully saturated rings. The van der Waals surface area contributed by atoms with Gasteiger partial charge in [-0.2, -0.15) is 0 Å². The van der Waals surface area contributed by atoms with Gasteiger partial charge in [-0.1, -0.05) is 18.9 Å². The topological polar surface area (TPSA) is 168 Å². The number of benzene rings is 2. The summed E-state index contributed by atoms with van der Waals surface area (Å²) in [4.78, 5) is 10.6. The third-order valence-electron chi connectivity index (χ3n) is 5.55. The first-order chi connectivity index (χ1) is 16.5. The van der Waals surface area contributed by atoms with Gasteiger partial charge in [-0.15, -0.1) is 0 Å². The fraction of sp³-hybridized carbons (Fsp3) is 0.458. The maximum atomic E-state index is 11.6. The van der Waals surface area contributed by atoms with Gasteiger partial charge in [0, 0.05) is 18.4 Å². The molecule has 10 nitrogen and oxygen atoms in total. The minimum atomic E-state index is -3.62. The van der Waals surface area contributed by atoms with E-state index in [1.807, 2.05) is 6.07 Å². The van der Waals surface area contributed by atoms with Gasteiger partial charge in [0.15, 0.2) is 11.5 Å². The number of aryl methyl sites for hydroxylation is 1. The van der Waals surface area contributed by atoms with Gasteiger partial charge < -0.3 is 30.5 Å². The zero-order chi connectivity index (χ0) is 26.2. The summed E-state index contributed by atoms with van der Waals surface area (Å²) in [6, 6.07) is 6.04. The second kappa shape index (κ2) is 12.5. The lowest BCUT2D eigenvalue weighted by atomic mass is 9.95. The molecule has 2 aromatic carbocycles. The molecule has 0 aromatic heterocycles. The normalized spacial score (nSPS) is 12.2. The highest BCUT2D eigenvalue weighted by molar-refractivity contribution is 7.92. The average Bonchev–Trinajstić information content (AvgIpc) is 2.77. The first kappa shape index (κ1) is 28.1. The number of phenols is 1. The van der Waals surface area contributed by atoms with E-state index in [1.165, 1.54) is 32.4 Å². The molecule has 0 saturated heterocycles. The molecule has 35 heavy (non-hydrogen) atoms. The van der Waals surface area contributed by atoms with Crippen LogP contribution in [-0.4, -0.2) is 50.2 Å². The quantitative estimate of drug-likeness (QED) is 0.145. The van der Waals surface area contributed by atoms with Crippen LogP contribution in [0.5, 0.6) is 17.2 Å². The number of phenolic OH excluding ortho intramolecular Hbond substituents is 1. The Morgan fingerprint density at radius 2 is 1.71 bits per heavy atom. The summed E-state index contributed by atoms with van der Waals surface area (Å²) in [6.45, 7) is 0. The van der Waals surface area contributed by atoms with Crippen LogP contribution < -0.4 is 19.9 Å². The molecule has 2 aromatic rings. The third kappa shape index (κ3) is 8.22. The van der Waals surface area contributed by atoms with Gasteiger partial charge in [0.05, 0.1) is 38.0 Å². The number of nitrogens with one attached hydrogen (secondary N) is 1. The van der Waals surface area contributed by atoms with Gasteiger partial charge in [-0.05, 0) is 48.6 Å². The largest absolute Gasteiger partial charge is 0.506 e. The molecule has 0 aliphatic rings. The molecule has 0 aliphatic carbocycles. The fourth-order valence-electron chi connectivity index (χ4n) is 3.87. The second-order valence-corrected chi connectivity index (χ2v) is 10.1. The highest BCUT2D eigenvalue weighted by Gasteiger charge is 2.21. The van der Waals surface area contributed by atoms with Crippen molar-refractivity contribution in [2.45, 2.75) is 51.0 Å². The lowest BCUT2D eigenvalue weighted by molar-refractivity contribution is -0.137. The first-order valence-electron chi connectivity index (χ1n) is 11.2. The molecule has 1 atom stereocenters. The number of rotatable bonds is 14. The van der Waals surface area contributed by atoms with Crippen LogP contribution in [0.2, 0.25) is 0 Å². The Hall–Kier alpha value is -3.18. The number of hydrogen-bond acceptors (Lipinski definition) is 8. The van der Waals surface area contributed by atoms with Crippen molar-refractivity contribution in [1.82, 2.24) is 0 Å². The van der Waals surface area contributed by atoms with E-state index >= 15 is 0 Å². The Balaban J connectivity index is 2.26. The van der Waals surface area contributed by atoms with Gasteiger partial charge >= 0.3 is 5.97 Å². The van der Waals surface area contributed by atoms with Crippen LogP contribution in [0.3, 0.4) is 0 Å². The van der Waals surface area contributed by atoms with E-state index in [-0.39, 0.29) is 24.3 Å². The predicted octanol–water partition coefficient (Wildman–Crippen LogP) is 3.22. The molecule has 0 saturated carbocycles. The molecule has 0 radical (unpaired) electrons. The fourth-order valence-corrected chi connectivity index (χ4v) is 4.43. The number of anilines is 2. The maximum Gasteiger partial charge on any atom is 0.303 e. The molecule has 6 N–H and O–H groups in total. The number of carboxylic acid groups (broad SMARTS) is 1. The number of carbonyl (C=O) groups is 1. The Kier molecular flexibility index (Phi) is 10.0. The molecule has 11 heteroatoms. The minimum Gasteiger partial charge on any atom is -0.506 e. The van der Waals surface area contributed by atoms with Gasteiger partial charge in [0.1, 0.15) is 5.75 Å². The van der Waals surface area contributed by atoms with Crippen molar-refractivity contribution in [2.75, 3.05) is 30.9 Å². The van der Waals surface area contributed by atoms with Crippen molar-refractivity contribution < 1.29 is 38.0 Å². The van der Waals surface area contributed by atoms with E-state index in [4.69, 9.17) is 20.3 Å². The van der Waals surface area contributed by atoms with Crippen molar-refractivity contribution >= 4 is 27.4 Å². The van der Waals surface area contributed by atoms with Crippen molar-refractivity contribution in [3.05, 3.63) is 41.0 Å². The third-order valence-corrected chi connectivity index (χ3v) is 6.14. The molecule has 0 bridgehead atoms. The second-order valence-electron chi connectivity index (χ2n) is 8.35. The van der Waals surface area contributed by atoms with Gasteiger partial charge in [0.2, 0.25) is 10.0 Å². The Labute approximate surface area is 205 Å². The zero-order valence-electron chi connectivity index (χ0n) is 20.2. The summed E-state index contributed by atoms with van der Waals surface area (Å²) in [6.07, 6.45) is 3.92. The summed E-state index contributed by atoms with van der Waals surface area (Å²) in [5, 5.41) is 29.6. The lowest BCUT2D eigenvalue weighted by Gasteiger charge is -2.20. The predicted molar refractivity (Wildman–Crippen MR) is 134 cm³/mol. The number of aliphatic carboxylic acids is 1. The number of aliphatic hydroxyl groups excluding tert-OH is 1. The molecule has 0 aliphatic heterocycles. The molecule has 0 amide bonds. The standard InChI is InChI=1S/C24H34N2O8S/c1-33-23-17(14-20(28)15-10-11-19(27)18(13-15)26-35(3,31)32)12-16(22(25)24(23)34-2)8-6-4-5-7-9-21(29)30/h10-13,20,26-28H,4-9,14,25H2,1-3H3,(H,29,30). The number of sulfonamides is 1. The van der Waals surface area contributed by atoms with Crippen molar-refractivity contribution in [3.63, 3.8) is 0 Å². The smallest absolute Gasteiger partial charge is 0.303 e. The summed E-state index contributed by atoms with van der Waals surface area (Å²) < 4.78 is 36.4. The zero-order valence-corrected chi connectivity index (χ0v) is 21.0. The molecule has 0 spiro atoms. The summed E-state index contributed by atoms with van der Waals surface area (Å²) in [5.74, 6) is -0.306. The minimum absolute atomic E-state index is 0.0329.